The number of nitrogens with zero attached hydrogens (tertiary/aromatic N) is 1. The van der Waals surface area contributed by atoms with Gasteiger partial charge in [-0.1, -0.05) is 17.7 Å². The highest BCUT2D eigenvalue weighted by molar-refractivity contribution is 9.10. The van der Waals surface area contributed by atoms with Crippen LogP contribution in [0.4, 0.5) is 16.2 Å². The Hall–Kier alpha value is -4.15. The van der Waals surface area contributed by atoms with Crippen LogP contribution >= 0.6 is 27.5 Å². The second-order valence-corrected chi connectivity index (χ2v) is 8.80. The molecule has 1 aliphatic rings. The molecule has 4 rings (SSSR count). The van der Waals surface area contributed by atoms with Gasteiger partial charge in [-0.25, -0.2) is 9.69 Å². The van der Waals surface area contributed by atoms with Crippen LogP contribution in [-0.4, -0.2) is 35.5 Å². The van der Waals surface area contributed by atoms with Crippen molar-refractivity contribution in [2.75, 3.05) is 16.8 Å². The summed E-state index contributed by atoms with van der Waals surface area (Å²) in [6, 6.07) is 15.9. The van der Waals surface area contributed by atoms with E-state index in [2.05, 4.69) is 26.6 Å². The first-order chi connectivity index (χ1) is 17.2. The van der Waals surface area contributed by atoms with E-state index >= 15 is 0 Å². The van der Waals surface area contributed by atoms with Gasteiger partial charge < -0.3 is 15.2 Å². The van der Waals surface area contributed by atoms with Gasteiger partial charge in [0.1, 0.15) is 17.1 Å². The first kappa shape index (κ1) is 25.0. The summed E-state index contributed by atoms with van der Waals surface area (Å²) in [5.41, 5.74) is 0.976. The molecule has 0 spiro atoms. The number of hydrogen-bond donors (Lipinski definition) is 3. The molecule has 0 atom stereocenters. The van der Waals surface area contributed by atoms with Crippen LogP contribution in [0.3, 0.4) is 0 Å². The second kappa shape index (κ2) is 10.6. The number of halogens is 2. The fourth-order valence-electron chi connectivity index (χ4n) is 3.26. The molecule has 9 nitrogen and oxygen atoms in total. The standard InChI is InChI=1S/C25H17BrClN3O6/c26-20-12-14(1-10-21(20)36-13-22(32)28-16-4-2-15(27)3-5-16)11-19-23(33)29-25(35)30(24(19)34)17-6-8-18(31)9-7-17/h1-12,31H,13H2,(H,28,32)(H,29,33,35)/b19-11+. The molecule has 0 aromatic heterocycles. The Labute approximate surface area is 218 Å². The summed E-state index contributed by atoms with van der Waals surface area (Å²) in [4.78, 5) is 50.6. The van der Waals surface area contributed by atoms with Crippen molar-refractivity contribution in [2.45, 2.75) is 0 Å². The predicted molar refractivity (Wildman–Crippen MR) is 137 cm³/mol. The zero-order valence-electron chi connectivity index (χ0n) is 18.3. The Bertz CT molecular complexity index is 1390. The molecule has 1 aliphatic heterocycles. The minimum atomic E-state index is -0.894. The number of phenolic OH excluding ortho intramolecular Hbond substituents is 1. The topological polar surface area (TPSA) is 125 Å². The minimum absolute atomic E-state index is 0.0370. The maximum atomic E-state index is 13.0. The summed E-state index contributed by atoms with van der Waals surface area (Å²) in [5, 5.41) is 14.8. The fraction of sp³-hybridized carbons (Fsp3) is 0.0400. The molecule has 3 N–H and O–H groups in total. The molecule has 11 heteroatoms. The fourth-order valence-corrected chi connectivity index (χ4v) is 3.89. The number of amides is 5. The molecule has 1 fully saturated rings. The number of benzene rings is 3. The lowest BCUT2D eigenvalue weighted by Gasteiger charge is -2.26. The normalized spacial score (nSPS) is 14.6. The zero-order valence-corrected chi connectivity index (χ0v) is 20.7. The number of barbiturate groups is 1. The molecule has 3 aromatic rings. The number of urea groups is 1. The van der Waals surface area contributed by atoms with Crippen molar-refractivity contribution < 1.29 is 29.0 Å². The summed E-state index contributed by atoms with van der Waals surface area (Å²) in [7, 11) is 0. The van der Waals surface area contributed by atoms with E-state index < -0.39 is 17.8 Å². The molecule has 0 saturated carbocycles. The van der Waals surface area contributed by atoms with Crippen LogP contribution in [0, 0.1) is 0 Å². The van der Waals surface area contributed by atoms with Gasteiger partial charge >= 0.3 is 6.03 Å². The Balaban J connectivity index is 1.47. The van der Waals surface area contributed by atoms with Crippen molar-refractivity contribution in [3.05, 3.63) is 87.4 Å². The van der Waals surface area contributed by atoms with E-state index in [9.17, 15) is 24.3 Å². The van der Waals surface area contributed by atoms with E-state index in [-0.39, 0.29) is 29.5 Å². The van der Waals surface area contributed by atoms with Gasteiger partial charge in [0, 0.05) is 10.7 Å². The molecule has 3 aromatic carbocycles. The van der Waals surface area contributed by atoms with E-state index in [1.54, 1.807) is 42.5 Å². The van der Waals surface area contributed by atoms with Crippen LogP contribution in [0.15, 0.2) is 76.8 Å². The third-order valence-electron chi connectivity index (χ3n) is 4.96. The van der Waals surface area contributed by atoms with E-state index in [0.717, 1.165) is 4.90 Å². The van der Waals surface area contributed by atoms with Gasteiger partial charge in [-0.3, -0.25) is 19.7 Å². The predicted octanol–water partition coefficient (Wildman–Crippen LogP) is 4.49. The van der Waals surface area contributed by atoms with Crippen molar-refractivity contribution in [1.82, 2.24) is 5.32 Å². The van der Waals surface area contributed by atoms with Crippen molar-refractivity contribution in [3.63, 3.8) is 0 Å². The molecular weight excluding hydrogens is 554 g/mol. The lowest BCUT2D eigenvalue weighted by Crippen LogP contribution is -2.54. The van der Waals surface area contributed by atoms with Crippen molar-refractivity contribution >= 4 is 68.7 Å². The van der Waals surface area contributed by atoms with E-state index in [4.69, 9.17) is 16.3 Å². The van der Waals surface area contributed by atoms with E-state index in [1.807, 2.05) is 0 Å². The average molecular weight is 571 g/mol. The van der Waals surface area contributed by atoms with Crippen LogP contribution in [-0.2, 0) is 14.4 Å². The van der Waals surface area contributed by atoms with Gasteiger partial charge in [0.15, 0.2) is 6.61 Å². The molecule has 182 valence electrons. The third kappa shape index (κ3) is 5.73. The van der Waals surface area contributed by atoms with Gasteiger partial charge in [0.2, 0.25) is 0 Å². The molecule has 0 unspecified atom stereocenters. The Kier molecular flexibility index (Phi) is 7.37. The SMILES string of the molecule is O=C(COc1ccc(/C=C2\C(=O)NC(=O)N(c3ccc(O)cc3)C2=O)cc1Br)Nc1ccc(Cl)cc1. The molecule has 0 bridgehead atoms. The maximum absolute atomic E-state index is 13.0. The summed E-state index contributed by atoms with van der Waals surface area (Å²) < 4.78 is 6.03. The maximum Gasteiger partial charge on any atom is 0.335 e. The number of aromatic hydroxyl groups is 1. The minimum Gasteiger partial charge on any atom is -0.508 e. The summed E-state index contributed by atoms with van der Waals surface area (Å²) in [5.74, 6) is -1.70. The number of rotatable bonds is 6. The Morgan fingerprint density at radius 3 is 2.42 bits per heavy atom. The smallest absolute Gasteiger partial charge is 0.335 e. The molecule has 36 heavy (non-hydrogen) atoms. The highest BCUT2D eigenvalue weighted by atomic mass is 79.9. The number of ether oxygens (including phenoxy) is 1. The highest BCUT2D eigenvalue weighted by Crippen LogP contribution is 2.28. The molecule has 5 amide bonds. The molecule has 0 radical (unpaired) electrons. The molecule has 1 heterocycles. The monoisotopic (exact) mass is 569 g/mol. The van der Waals surface area contributed by atoms with Crippen molar-refractivity contribution in [1.29, 1.82) is 0 Å². The van der Waals surface area contributed by atoms with Gasteiger partial charge in [0.05, 0.1) is 10.2 Å². The van der Waals surface area contributed by atoms with E-state index in [0.29, 0.717) is 26.5 Å². The first-order valence-corrected chi connectivity index (χ1v) is 11.6. The lowest BCUT2D eigenvalue weighted by molar-refractivity contribution is -0.122. The Morgan fingerprint density at radius 1 is 1.06 bits per heavy atom. The largest absolute Gasteiger partial charge is 0.508 e. The quantitative estimate of drug-likeness (QED) is 0.296. The van der Waals surface area contributed by atoms with Crippen LogP contribution in [0.2, 0.25) is 5.02 Å². The number of carbonyl (C=O) groups excluding carboxylic acids is 4. The first-order valence-electron chi connectivity index (χ1n) is 10.4. The number of carbonyl (C=O) groups is 4. The third-order valence-corrected chi connectivity index (χ3v) is 5.83. The van der Waals surface area contributed by atoms with Crippen LogP contribution in [0.5, 0.6) is 11.5 Å². The van der Waals surface area contributed by atoms with E-state index in [1.165, 1.54) is 30.3 Å². The average Bonchev–Trinajstić information content (AvgIpc) is 2.84. The Morgan fingerprint density at radius 2 is 1.75 bits per heavy atom. The van der Waals surface area contributed by atoms with Crippen molar-refractivity contribution in [3.8, 4) is 11.5 Å². The summed E-state index contributed by atoms with van der Waals surface area (Å²) in [6.07, 6.45) is 1.33. The zero-order chi connectivity index (χ0) is 25.8. The number of imide groups is 2. The summed E-state index contributed by atoms with van der Waals surface area (Å²) >= 11 is 9.19. The number of hydrogen-bond acceptors (Lipinski definition) is 6. The van der Waals surface area contributed by atoms with Crippen molar-refractivity contribution in [2.24, 2.45) is 0 Å². The van der Waals surface area contributed by atoms with Gasteiger partial charge in [-0.05, 0) is 88.2 Å². The molecule has 1 saturated heterocycles. The lowest BCUT2D eigenvalue weighted by atomic mass is 10.1. The number of nitrogens with one attached hydrogen (secondary N) is 2. The van der Waals surface area contributed by atoms with Crippen LogP contribution in [0.25, 0.3) is 6.08 Å². The van der Waals surface area contributed by atoms with Gasteiger partial charge in [0.25, 0.3) is 17.7 Å². The van der Waals surface area contributed by atoms with Crippen LogP contribution < -0.4 is 20.3 Å². The number of anilines is 2. The number of phenols is 1. The van der Waals surface area contributed by atoms with Gasteiger partial charge in [-0.2, -0.15) is 0 Å². The highest BCUT2D eigenvalue weighted by Gasteiger charge is 2.36. The second-order valence-electron chi connectivity index (χ2n) is 7.51. The van der Waals surface area contributed by atoms with Gasteiger partial charge in [-0.15, -0.1) is 0 Å². The summed E-state index contributed by atoms with van der Waals surface area (Å²) in [6.45, 7) is -0.258. The molecule has 0 aliphatic carbocycles. The molecular formula is C25H17BrClN3O6. The van der Waals surface area contributed by atoms with Crippen LogP contribution in [0.1, 0.15) is 5.56 Å².